The molecule has 0 fully saturated rings. The van der Waals surface area contributed by atoms with Gasteiger partial charge in [-0.3, -0.25) is 4.21 Å². The SMILES string of the molecule is CCCCCc1cc(Cl)c(NS(=O)[O-])cc1C(=O)O. The van der Waals surface area contributed by atoms with Crippen molar-refractivity contribution in [3.05, 3.63) is 28.3 Å². The first-order valence-electron chi connectivity index (χ1n) is 5.87. The highest BCUT2D eigenvalue weighted by atomic mass is 35.5. The summed E-state index contributed by atoms with van der Waals surface area (Å²) in [5, 5.41) is 9.34. The van der Waals surface area contributed by atoms with E-state index in [9.17, 15) is 13.6 Å². The van der Waals surface area contributed by atoms with Gasteiger partial charge in [-0.25, -0.2) is 4.79 Å². The van der Waals surface area contributed by atoms with Gasteiger partial charge >= 0.3 is 5.97 Å². The number of halogens is 1. The number of nitrogens with one attached hydrogen (secondary N) is 1. The van der Waals surface area contributed by atoms with Gasteiger partial charge < -0.3 is 14.4 Å². The molecule has 0 heterocycles. The third-order valence-corrected chi connectivity index (χ3v) is 3.37. The summed E-state index contributed by atoms with van der Waals surface area (Å²) in [5.41, 5.74) is 0.772. The Bertz CT molecular complexity index is 493. The number of benzene rings is 1. The number of unbranched alkanes of at least 4 members (excludes halogenated alkanes) is 2. The largest absolute Gasteiger partial charge is 0.755 e. The number of anilines is 1. The second kappa shape index (κ2) is 7.47. The average molecular weight is 305 g/mol. The molecule has 7 heteroatoms. The number of hydrogen-bond acceptors (Lipinski definition) is 3. The summed E-state index contributed by atoms with van der Waals surface area (Å²) < 4.78 is 23.2. The molecule has 0 aromatic heterocycles. The molecule has 0 radical (unpaired) electrons. The third-order valence-electron chi connectivity index (χ3n) is 2.67. The molecule has 1 rings (SSSR count). The van der Waals surface area contributed by atoms with Crippen molar-refractivity contribution in [3.63, 3.8) is 0 Å². The van der Waals surface area contributed by atoms with Crippen molar-refractivity contribution in [1.29, 1.82) is 0 Å². The van der Waals surface area contributed by atoms with Gasteiger partial charge in [-0.1, -0.05) is 31.4 Å². The van der Waals surface area contributed by atoms with Crippen molar-refractivity contribution in [1.82, 2.24) is 0 Å². The molecular weight excluding hydrogens is 290 g/mol. The molecule has 0 spiro atoms. The molecule has 0 aliphatic carbocycles. The van der Waals surface area contributed by atoms with Crippen LogP contribution < -0.4 is 4.72 Å². The Kier molecular flexibility index (Phi) is 6.27. The molecule has 0 saturated carbocycles. The molecule has 19 heavy (non-hydrogen) atoms. The molecule has 106 valence electrons. The van der Waals surface area contributed by atoms with E-state index in [1.54, 1.807) is 0 Å². The van der Waals surface area contributed by atoms with E-state index in [4.69, 9.17) is 16.7 Å². The molecule has 0 amide bonds. The van der Waals surface area contributed by atoms with Gasteiger partial charge in [0.25, 0.3) is 0 Å². The van der Waals surface area contributed by atoms with E-state index >= 15 is 0 Å². The van der Waals surface area contributed by atoms with Crippen LogP contribution >= 0.6 is 11.6 Å². The van der Waals surface area contributed by atoms with E-state index in [1.807, 2.05) is 0 Å². The van der Waals surface area contributed by atoms with Crippen molar-refractivity contribution < 1.29 is 18.7 Å². The van der Waals surface area contributed by atoms with Crippen LogP contribution in [0.25, 0.3) is 0 Å². The summed E-state index contributed by atoms with van der Waals surface area (Å²) in [7, 11) is 0. The first-order chi connectivity index (χ1) is 8.95. The van der Waals surface area contributed by atoms with Crippen LogP contribution in [0.4, 0.5) is 5.69 Å². The number of aromatic carboxylic acids is 1. The molecule has 1 atom stereocenters. The lowest BCUT2D eigenvalue weighted by atomic mass is 10.0. The number of carbonyl (C=O) groups is 1. The van der Waals surface area contributed by atoms with Gasteiger partial charge in [0.15, 0.2) is 0 Å². The fourth-order valence-electron chi connectivity index (χ4n) is 1.75. The summed E-state index contributed by atoms with van der Waals surface area (Å²) in [6, 6.07) is 2.76. The lowest BCUT2D eigenvalue weighted by Gasteiger charge is -2.14. The van der Waals surface area contributed by atoms with Gasteiger partial charge in [-0.2, -0.15) is 0 Å². The summed E-state index contributed by atoms with van der Waals surface area (Å²) in [5.74, 6) is -1.09. The van der Waals surface area contributed by atoms with Crippen molar-refractivity contribution in [2.45, 2.75) is 32.6 Å². The second-order valence-electron chi connectivity index (χ2n) is 4.09. The number of carboxylic acid groups (broad SMARTS) is 1. The van der Waals surface area contributed by atoms with Gasteiger partial charge in [-0.15, -0.1) is 0 Å². The number of hydrogen-bond donors (Lipinski definition) is 2. The minimum Gasteiger partial charge on any atom is -0.755 e. The molecule has 1 aromatic rings. The lowest BCUT2D eigenvalue weighted by molar-refractivity contribution is 0.0695. The molecule has 1 unspecified atom stereocenters. The Hall–Kier alpha value is -1.11. The monoisotopic (exact) mass is 304 g/mol. The fourth-order valence-corrected chi connectivity index (χ4v) is 2.39. The second-order valence-corrected chi connectivity index (χ2v) is 5.17. The smallest absolute Gasteiger partial charge is 0.336 e. The van der Waals surface area contributed by atoms with E-state index in [2.05, 4.69) is 11.6 Å². The van der Waals surface area contributed by atoms with E-state index in [0.29, 0.717) is 12.0 Å². The summed E-state index contributed by atoms with van der Waals surface area (Å²) in [6.07, 6.45) is 3.51. The highest BCUT2D eigenvalue weighted by Gasteiger charge is 2.14. The Labute approximate surface area is 119 Å². The Morgan fingerprint density at radius 3 is 2.68 bits per heavy atom. The van der Waals surface area contributed by atoms with Crippen molar-refractivity contribution in [2.75, 3.05) is 4.72 Å². The van der Waals surface area contributed by atoms with E-state index in [0.717, 1.165) is 19.3 Å². The van der Waals surface area contributed by atoms with E-state index < -0.39 is 17.2 Å². The number of aryl methyl sites for hydroxylation is 1. The van der Waals surface area contributed by atoms with Gasteiger partial charge in [0.2, 0.25) is 0 Å². The Morgan fingerprint density at radius 1 is 1.47 bits per heavy atom. The topological polar surface area (TPSA) is 89.5 Å². The zero-order chi connectivity index (χ0) is 14.4. The fraction of sp³-hybridized carbons (Fsp3) is 0.417. The van der Waals surface area contributed by atoms with Crippen LogP contribution in [0.2, 0.25) is 5.02 Å². The summed E-state index contributed by atoms with van der Waals surface area (Å²) in [6.45, 7) is 2.06. The molecule has 0 saturated heterocycles. The quantitative estimate of drug-likeness (QED) is 0.598. The molecule has 0 bridgehead atoms. The maximum atomic E-state index is 11.2. The number of carboxylic acids is 1. The van der Waals surface area contributed by atoms with E-state index in [1.165, 1.54) is 12.1 Å². The van der Waals surface area contributed by atoms with Crippen molar-refractivity contribution in [2.24, 2.45) is 0 Å². The zero-order valence-corrected chi connectivity index (χ0v) is 12.0. The first kappa shape index (κ1) is 15.9. The van der Waals surface area contributed by atoms with Gasteiger partial charge in [0.1, 0.15) is 0 Å². The number of rotatable bonds is 7. The average Bonchev–Trinajstić information content (AvgIpc) is 2.31. The van der Waals surface area contributed by atoms with Crippen LogP contribution in [0.1, 0.15) is 42.1 Å². The minimum absolute atomic E-state index is 0.0756. The molecule has 2 N–H and O–H groups in total. The standard InChI is InChI=1S/C12H16ClNO4S/c1-2-3-4-5-8-6-10(13)11(14-19(17)18)7-9(8)12(15)16/h6-7,14H,2-5H2,1H3,(H,15,16)(H,17,18)/p-1. The van der Waals surface area contributed by atoms with Crippen LogP contribution in [0.3, 0.4) is 0 Å². The van der Waals surface area contributed by atoms with Gasteiger partial charge in [0, 0.05) is 11.3 Å². The third kappa shape index (κ3) is 4.81. The van der Waals surface area contributed by atoms with Crippen molar-refractivity contribution in [3.8, 4) is 0 Å². The molecule has 5 nitrogen and oxygen atoms in total. The van der Waals surface area contributed by atoms with Crippen LogP contribution in [0.5, 0.6) is 0 Å². The molecule has 0 aliphatic rings. The normalized spacial score (nSPS) is 12.2. The Balaban J connectivity index is 3.06. The van der Waals surface area contributed by atoms with Crippen molar-refractivity contribution >= 4 is 34.5 Å². The van der Waals surface area contributed by atoms with Crippen LogP contribution in [0.15, 0.2) is 12.1 Å². The zero-order valence-electron chi connectivity index (χ0n) is 10.4. The van der Waals surface area contributed by atoms with E-state index in [-0.39, 0.29) is 16.3 Å². The highest BCUT2D eigenvalue weighted by molar-refractivity contribution is 7.80. The molecule has 0 aliphatic heterocycles. The Morgan fingerprint density at radius 2 is 2.16 bits per heavy atom. The lowest BCUT2D eigenvalue weighted by Crippen LogP contribution is -2.08. The maximum absolute atomic E-state index is 11.2. The maximum Gasteiger partial charge on any atom is 0.336 e. The molecular formula is C12H15ClNO4S-. The first-order valence-corrected chi connectivity index (χ1v) is 7.32. The van der Waals surface area contributed by atoms with Crippen LogP contribution in [-0.4, -0.2) is 19.8 Å². The minimum atomic E-state index is -2.54. The highest BCUT2D eigenvalue weighted by Crippen LogP contribution is 2.27. The van der Waals surface area contributed by atoms with Crippen LogP contribution in [0, 0.1) is 0 Å². The predicted molar refractivity (Wildman–Crippen MR) is 74.2 cm³/mol. The summed E-state index contributed by atoms with van der Waals surface area (Å²) >= 11 is 3.40. The predicted octanol–water partition coefficient (Wildman–Crippen LogP) is 2.98. The van der Waals surface area contributed by atoms with Gasteiger partial charge in [0.05, 0.1) is 16.3 Å². The van der Waals surface area contributed by atoms with Crippen LogP contribution in [-0.2, 0) is 17.7 Å². The molecule has 1 aromatic carbocycles. The summed E-state index contributed by atoms with van der Waals surface area (Å²) in [4.78, 5) is 11.2. The van der Waals surface area contributed by atoms with Gasteiger partial charge in [-0.05, 0) is 30.5 Å².